The van der Waals surface area contributed by atoms with Crippen LogP contribution in [0.1, 0.15) is 16.8 Å². The Kier molecular flexibility index (Phi) is 3.92. The Labute approximate surface area is 140 Å². The molecular weight excluding hydrogens is 300 g/mol. The third-order valence-corrected chi connectivity index (χ3v) is 4.33. The fourth-order valence-electron chi connectivity index (χ4n) is 3.11. The van der Waals surface area contributed by atoms with E-state index < -0.39 is 0 Å². The minimum absolute atomic E-state index is 0.0140. The first-order chi connectivity index (χ1) is 11.8. The second kappa shape index (κ2) is 6.37. The molecule has 0 bridgehead atoms. The highest BCUT2D eigenvalue weighted by Crippen LogP contribution is 2.19. The predicted octanol–water partition coefficient (Wildman–Crippen LogP) is 2.39. The molecule has 0 radical (unpaired) electrons. The molecule has 0 saturated carbocycles. The number of hydrogen-bond donors (Lipinski definition) is 1. The van der Waals surface area contributed by atoms with Crippen LogP contribution in [0.3, 0.4) is 0 Å². The van der Waals surface area contributed by atoms with E-state index in [4.69, 9.17) is 4.98 Å². The van der Waals surface area contributed by atoms with Crippen molar-refractivity contribution < 1.29 is 0 Å². The molecule has 0 atom stereocenters. The van der Waals surface area contributed by atoms with E-state index in [0.29, 0.717) is 12.4 Å². The summed E-state index contributed by atoms with van der Waals surface area (Å²) in [6.07, 6.45) is 4.39. The standard InChI is InChI=1S/C19H18N4O/c24-19-16-8-10-23(12-14-5-4-9-20-11-14)13-17(16)21-18(22-19)15-6-2-1-3-7-15/h1-7,9,11H,8,10,12-13H2,(H,21,22,24). The van der Waals surface area contributed by atoms with Crippen LogP contribution in [0.15, 0.2) is 59.7 Å². The van der Waals surface area contributed by atoms with E-state index in [2.05, 4.69) is 20.9 Å². The first-order valence-corrected chi connectivity index (χ1v) is 8.08. The summed E-state index contributed by atoms with van der Waals surface area (Å²) < 4.78 is 0. The van der Waals surface area contributed by atoms with Crippen molar-refractivity contribution >= 4 is 0 Å². The molecule has 5 heteroatoms. The predicted molar refractivity (Wildman–Crippen MR) is 92.3 cm³/mol. The van der Waals surface area contributed by atoms with Crippen molar-refractivity contribution in [2.75, 3.05) is 6.54 Å². The molecule has 1 aliphatic heterocycles. The van der Waals surface area contributed by atoms with Gasteiger partial charge in [0, 0.05) is 43.2 Å². The van der Waals surface area contributed by atoms with Crippen molar-refractivity contribution in [2.45, 2.75) is 19.5 Å². The van der Waals surface area contributed by atoms with Gasteiger partial charge in [0.15, 0.2) is 0 Å². The molecule has 1 aliphatic rings. The van der Waals surface area contributed by atoms with E-state index in [1.807, 2.05) is 42.6 Å². The van der Waals surface area contributed by atoms with Crippen molar-refractivity contribution in [1.29, 1.82) is 0 Å². The molecule has 0 amide bonds. The van der Waals surface area contributed by atoms with Gasteiger partial charge in [0.25, 0.3) is 5.56 Å². The van der Waals surface area contributed by atoms with Crippen molar-refractivity contribution in [3.05, 3.63) is 82.0 Å². The molecule has 4 rings (SSSR count). The van der Waals surface area contributed by atoms with E-state index in [1.54, 1.807) is 6.20 Å². The first-order valence-electron chi connectivity index (χ1n) is 8.08. The third-order valence-electron chi connectivity index (χ3n) is 4.33. The van der Waals surface area contributed by atoms with Crippen LogP contribution in [0.5, 0.6) is 0 Å². The van der Waals surface area contributed by atoms with Gasteiger partial charge in [-0.1, -0.05) is 36.4 Å². The number of aromatic amines is 1. The number of fused-ring (bicyclic) bond motifs is 1. The molecule has 0 saturated heterocycles. The van der Waals surface area contributed by atoms with Gasteiger partial charge in [0.2, 0.25) is 0 Å². The second-order valence-corrected chi connectivity index (χ2v) is 6.03. The minimum atomic E-state index is -0.0140. The zero-order valence-electron chi connectivity index (χ0n) is 13.3. The monoisotopic (exact) mass is 318 g/mol. The summed E-state index contributed by atoms with van der Waals surface area (Å²) in [5.74, 6) is 0.641. The Morgan fingerprint density at radius 2 is 2.00 bits per heavy atom. The zero-order valence-corrected chi connectivity index (χ0v) is 13.3. The summed E-state index contributed by atoms with van der Waals surface area (Å²) in [4.78, 5) is 26.5. The van der Waals surface area contributed by atoms with Gasteiger partial charge in [0.05, 0.1) is 5.69 Å². The van der Waals surface area contributed by atoms with Crippen molar-refractivity contribution in [2.24, 2.45) is 0 Å². The molecule has 1 N–H and O–H groups in total. The first kappa shape index (κ1) is 14.8. The molecule has 5 nitrogen and oxygen atoms in total. The maximum atomic E-state index is 12.4. The largest absolute Gasteiger partial charge is 0.306 e. The summed E-state index contributed by atoms with van der Waals surface area (Å²) in [5, 5.41) is 0. The summed E-state index contributed by atoms with van der Waals surface area (Å²) in [6.45, 7) is 2.37. The molecule has 120 valence electrons. The highest BCUT2D eigenvalue weighted by Gasteiger charge is 2.21. The van der Waals surface area contributed by atoms with Gasteiger partial charge in [-0.15, -0.1) is 0 Å². The number of benzene rings is 1. The Balaban J connectivity index is 1.62. The van der Waals surface area contributed by atoms with Crippen LogP contribution in [-0.4, -0.2) is 26.4 Å². The number of nitrogens with one attached hydrogen (secondary N) is 1. The van der Waals surface area contributed by atoms with Crippen molar-refractivity contribution in [1.82, 2.24) is 19.9 Å². The Bertz CT molecular complexity index is 890. The zero-order chi connectivity index (χ0) is 16.4. The Morgan fingerprint density at radius 1 is 1.12 bits per heavy atom. The number of H-pyrrole nitrogens is 1. The molecule has 0 spiro atoms. The fraction of sp³-hybridized carbons (Fsp3) is 0.211. The van der Waals surface area contributed by atoms with E-state index in [9.17, 15) is 4.79 Å². The molecule has 1 aromatic carbocycles. The van der Waals surface area contributed by atoms with Gasteiger partial charge < -0.3 is 4.98 Å². The quantitative estimate of drug-likeness (QED) is 0.805. The lowest BCUT2D eigenvalue weighted by atomic mass is 10.1. The normalized spacial score (nSPS) is 14.3. The lowest BCUT2D eigenvalue weighted by Crippen LogP contribution is -2.35. The van der Waals surface area contributed by atoms with Crippen LogP contribution < -0.4 is 5.56 Å². The van der Waals surface area contributed by atoms with Crippen LogP contribution in [0.25, 0.3) is 11.4 Å². The van der Waals surface area contributed by atoms with Crippen molar-refractivity contribution in [3.63, 3.8) is 0 Å². The highest BCUT2D eigenvalue weighted by atomic mass is 16.1. The maximum absolute atomic E-state index is 12.4. The average Bonchev–Trinajstić information content (AvgIpc) is 2.63. The smallest absolute Gasteiger partial charge is 0.254 e. The van der Waals surface area contributed by atoms with Crippen molar-refractivity contribution in [3.8, 4) is 11.4 Å². The average molecular weight is 318 g/mol. The molecule has 0 unspecified atom stereocenters. The molecular formula is C19H18N4O. The number of nitrogens with zero attached hydrogens (tertiary/aromatic N) is 3. The lowest BCUT2D eigenvalue weighted by Gasteiger charge is -2.27. The number of hydrogen-bond acceptors (Lipinski definition) is 4. The van der Waals surface area contributed by atoms with Gasteiger partial charge in [0.1, 0.15) is 5.82 Å². The molecule has 0 fully saturated rings. The maximum Gasteiger partial charge on any atom is 0.254 e. The summed E-state index contributed by atoms with van der Waals surface area (Å²) >= 11 is 0. The summed E-state index contributed by atoms with van der Waals surface area (Å²) in [7, 11) is 0. The van der Waals surface area contributed by atoms with E-state index in [1.165, 1.54) is 5.56 Å². The third kappa shape index (κ3) is 2.98. The Hall–Kier alpha value is -2.79. The number of rotatable bonds is 3. The van der Waals surface area contributed by atoms with E-state index in [0.717, 1.165) is 36.3 Å². The van der Waals surface area contributed by atoms with Crippen LogP contribution in [-0.2, 0) is 19.5 Å². The van der Waals surface area contributed by atoms with Crippen LogP contribution in [0.2, 0.25) is 0 Å². The second-order valence-electron chi connectivity index (χ2n) is 6.03. The lowest BCUT2D eigenvalue weighted by molar-refractivity contribution is 0.240. The topological polar surface area (TPSA) is 61.9 Å². The van der Waals surface area contributed by atoms with Gasteiger partial charge >= 0.3 is 0 Å². The van der Waals surface area contributed by atoms with Crippen LogP contribution >= 0.6 is 0 Å². The molecule has 2 aromatic heterocycles. The van der Waals surface area contributed by atoms with E-state index >= 15 is 0 Å². The van der Waals surface area contributed by atoms with Gasteiger partial charge in [-0.25, -0.2) is 4.98 Å². The van der Waals surface area contributed by atoms with Crippen LogP contribution in [0, 0.1) is 0 Å². The summed E-state index contributed by atoms with van der Waals surface area (Å²) in [6, 6.07) is 13.8. The Morgan fingerprint density at radius 3 is 2.79 bits per heavy atom. The number of aromatic nitrogens is 3. The summed E-state index contributed by atoms with van der Waals surface area (Å²) in [5.41, 5.74) is 3.79. The molecule has 3 aromatic rings. The van der Waals surface area contributed by atoms with Gasteiger partial charge in [-0.05, 0) is 18.1 Å². The van der Waals surface area contributed by atoms with Gasteiger partial charge in [-0.2, -0.15) is 0 Å². The fourth-order valence-corrected chi connectivity index (χ4v) is 3.11. The molecule has 0 aliphatic carbocycles. The SMILES string of the molecule is O=c1[nH]c(-c2ccccc2)nc2c1CCN(Cc1cccnc1)C2. The highest BCUT2D eigenvalue weighted by molar-refractivity contribution is 5.54. The molecule has 24 heavy (non-hydrogen) atoms. The van der Waals surface area contributed by atoms with Gasteiger partial charge in [-0.3, -0.25) is 14.7 Å². The minimum Gasteiger partial charge on any atom is -0.306 e. The molecule has 3 heterocycles. The number of pyridine rings is 1. The van der Waals surface area contributed by atoms with E-state index in [-0.39, 0.29) is 5.56 Å². The van der Waals surface area contributed by atoms with Crippen LogP contribution in [0.4, 0.5) is 0 Å².